The molecule has 0 rings (SSSR count). The highest BCUT2D eigenvalue weighted by molar-refractivity contribution is 5.29. The molecule has 0 aliphatic rings. The van der Waals surface area contributed by atoms with E-state index in [4.69, 9.17) is 15.6 Å². The molecule has 0 spiro atoms. The van der Waals surface area contributed by atoms with E-state index < -0.39 is 6.47 Å². The Kier molecular flexibility index (Phi) is 17.8. The Labute approximate surface area is 125 Å². The van der Waals surface area contributed by atoms with Crippen molar-refractivity contribution in [2.75, 3.05) is 32.7 Å². The lowest BCUT2D eigenvalue weighted by atomic mass is 10.1. The fourth-order valence-corrected chi connectivity index (χ4v) is 2.58. The minimum atomic E-state index is -0.500. The third kappa shape index (κ3) is 12.4. The molecule has 0 bridgehead atoms. The molecule has 0 atom stereocenters. The zero-order chi connectivity index (χ0) is 15.7. The maximum absolute atomic E-state index is 8.25. The summed E-state index contributed by atoms with van der Waals surface area (Å²) in [6.07, 6.45) is 9.27. The summed E-state index contributed by atoms with van der Waals surface area (Å²) >= 11 is 0. The summed E-state index contributed by atoms with van der Waals surface area (Å²) in [5.41, 5.74) is 5.71. The second-order valence-electron chi connectivity index (χ2n) is 5.54. The number of nitrogens with two attached hydrogens (primary N) is 1. The van der Waals surface area contributed by atoms with E-state index in [9.17, 15) is 0 Å². The highest BCUT2D eigenvalue weighted by Crippen LogP contribution is 2.15. The Morgan fingerprint density at radius 2 is 1.15 bits per heavy atom. The van der Waals surface area contributed by atoms with Crippen molar-refractivity contribution in [3.8, 4) is 0 Å². The average Bonchev–Trinajstić information content (AvgIpc) is 2.46. The van der Waals surface area contributed by atoms with Gasteiger partial charge in [-0.05, 0) is 25.8 Å². The first kappa shape index (κ1) is 21.7. The molecule has 0 saturated carbocycles. The van der Waals surface area contributed by atoms with Crippen LogP contribution in [-0.2, 0) is 4.79 Å². The Morgan fingerprint density at radius 3 is 1.40 bits per heavy atom. The Bertz CT molecular complexity index is 161. The predicted octanol–water partition coefficient (Wildman–Crippen LogP) is 1.92. The Hall–Kier alpha value is -0.610. The highest BCUT2D eigenvalue weighted by atomic mass is 16.3. The first-order valence-corrected chi connectivity index (χ1v) is 8.27. The van der Waals surface area contributed by atoms with Crippen LogP contribution in [-0.4, -0.2) is 43.7 Å². The number of hydrogen-bond acceptors (Lipinski definition) is 3. The number of rotatable bonds is 12. The van der Waals surface area contributed by atoms with Crippen LogP contribution in [0.2, 0.25) is 0 Å². The van der Waals surface area contributed by atoms with Crippen molar-refractivity contribution in [1.82, 2.24) is 0 Å². The second kappa shape index (κ2) is 16.4. The second-order valence-corrected chi connectivity index (χ2v) is 5.54. The van der Waals surface area contributed by atoms with E-state index in [1.54, 1.807) is 0 Å². The third-order valence-electron chi connectivity index (χ3n) is 3.79. The molecule has 2 N–H and O–H groups in total. The van der Waals surface area contributed by atoms with E-state index in [1.807, 2.05) is 0 Å². The molecule has 0 saturated heterocycles. The van der Waals surface area contributed by atoms with Crippen LogP contribution in [0.4, 0.5) is 0 Å². The van der Waals surface area contributed by atoms with Crippen LogP contribution in [0.25, 0.3) is 0 Å². The number of carbonyl (C=O) groups is 1. The molecule has 0 heterocycles. The average molecular weight is 288 g/mol. The van der Waals surface area contributed by atoms with Crippen molar-refractivity contribution in [1.29, 1.82) is 0 Å². The number of hydrogen-bond donors (Lipinski definition) is 1. The summed E-state index contributed by atoms with van der Waals surface area (Å²) in [5.74, 6) is 0. The van der Waals surface area contributed by atoms with Gasteiger partial charge in [0.25, 0.3) is 0 Å². The SMILES string of the molecule is CCCC[N+](CCCC)(CCCC)CCCN.O=C[O-]. The summed E-state index contributed by atoms with van der Waals surface area (Å²) in [7, 11) is 0. The van der Waals surface area contributed by atoms with Gasteiger partial charge in [0.1, 0.15) is 0 Å². The molecular weight excluding hydrogens is 252 g/mol. The van der Waals surface area contributed by atoms with Crippen molar-refractivity contribution in [3.63, 3.8) is 0 Å². The largest absolute Gasteiger partial charge is 0.554 e. The van der Waals surface area contributed by atoms with Gasteiger partial charge in [-0.3, -0.25) is 0 Å². The maximum atomic E-state index is 8.25. The number of carbonyl (C=O) groups excluding carboxylic acids is 1. The summed E-state index contributed by atoms with van der Waals surface area (Å²) in [5, 5.41) is 8.25. The third-order valence-corrected chi connectivity index (χ3v) is 3.79. The van der Waals surface area contributed by atoms with Gasteiger partial charge in [-0.2, -0.15) is 0 Å². The zero-order valence-electron chi connectivity index (χ0n) is 13.9. The quantitative estimate of drug-likeness (QED) is 0.441. The lowest BCUT2D eigenvalue weighted by Crippen LogP contribution is -2.51. The van der Waals surface area contributed by atoms with Gasteiger partial charge in [0.2, 0.25) is 0 Å². The molecule has 0 aliphatic carbocycles. The van der Waals surface area contributed by atoms with Gasteiger partial charge in [-0.1, -0.05) is 40.0 Å². The van der Waals surface area contributed by atoms with Crippen LogP contribution in [0.3, 0.4) is 0 Å². The molecule has 0 fully saturated rings. The number of quaternary nitrogens is 1. The van der Waals surface area contributed by atoms with Gasteiger partial charge >= 0.3 is 0 Å². The molecule has 20 heavy (non-hydrogen) atoms. The Balaban J connectivity index is 0. The van der Waals surface area contributed by atoms with Gasteiger partial charge in [-0.25, -0.2) is 0 Å². The minimum absolute atomic E-state index is 0.500. The van der Waals surface area contributed by atoms with Crippen LogP contribution in [0.5, 0.6) is 0 Å². The predicted molar refractivity (Wildman–Crippen MR) is 84.2 cm³/mol. The van der Waals surface area contributed by atoms with Gasteiger partial charge < -0.3 is 20.1 Å². The molecule has 0 aromatic heterocycles. The molecule has 0 aliphatic heterocycles. The fraction of sp³-hybridized carbons (Fsp3) is 0.938. The van der Waals surface area contributed by atoms with Crippen LogP contribution in [0.1, 0.15) is 65.7 Å². The first-order valence-electron chi connectivity index (χ1n) is 8.27. The summed E-state index contributed by atoms with van der Waals surface area (Å²) < 4.78 is 1.34. The monoisotopic (exact) mass is 288 g/mol. The topological polar surface area (TPSA) is 66.2 Å². The van der Waals surface area contributed by atoms with Gasteiger partial charge in [0.15, 0.2) is 0 Å². The number of nitrogens with zero attached hydrogens (tertiary/aromatic N) is 1. The minimum Gasteiger partial charge on any atom is -0.554 e. The molecular formula is C16H36N2O2. The van der Waals surface area contributed by atoms with Crippen molar-refractivity contribution in [2.45, 2.75) is 65.7 Å². The standard InChI is InChI=1S/C15H35N2.CH2O2/c1-4-7-12-17(13-8-5-2,14-9-6-3)15-10-11-16;2-1-3/h4-16H2,1-3H3;1H,(H,2,3)/q+1;/p-1. The van der Waals surface area contributed by atoms with Gasteiger partial charge in [-0.15, -0.1) is 0 Å². The molecule has 0 radical (unpaired) electrons. The number of carboxylic acid groups (broad SMARTS) is 1. The van der Waals surface area contributed by atoms with Gasteiger partial charge in [0.05, 0.1) is 26.2 Å². The highest BCUT2D eigenvalue weighted by Gasteiger charge is 2.24. The molecule has 0 aromatic carbocycles. The summed E-state index contributed by atoms with van der Waals surface area (Å²) in [6, 6.07) is 0. The van der Waals surface area contributed by atoms with Crippen molar-refractivity contribution in [2.24, 2.45) is 5.73 Å². The number of unbranched alkanes of at least 4 members (excludes halogenated alkanes) is 3. The molecule has 0 amide bonds. The van der Waals surface area contributed by atoms with E-state index in [1.165, 1.54) is 75.6 Å². The summed E-state index contributed by atoms with van der Waals surface area (Å²) in [6.45, 7) is 12.7. The molecule has 0 aromatic rings. The van der Waals surface area contributed by atoms with E-state index in [0.717, 1.165) is 6.54 Å². The zero-order valence-corrected chi connectivity index (χ0v) is 13.9. The molecule has 4 nitrogen and oxygen atoms in total. The van der Waals surface area contributed by atoms with Crippen molar-refractivity contribution < 1.29 is 14.4 Å². The molecule has 122 valence electrons. The first-order chi connectivity index (χ1) is 9.66. The maximum Gasteiger partial charge on any atom is 0.0798 e. The van der Waals surface area contributed by atoms with Crippen LogP contribution >= 0.6 is 0 Å². The van der Waals surface area contributed by atoms with E-state index in [-0.39, 0.29) is 0 Å². The lowest BCUT2D eigenvalue weighted by Gasteiger charge is -2.39. The normalized spacial score (nSPS) is 10.8. The van der Waals surface area contributed by atoms with Crippen LogP contribution < -0.4 is 10.8 Å². The van der Waals surface area contributed by atoms with Crippen LogP contribution in [0, 0.1) is 0 Å². The lowest BCUT2D eigenvalue weighted by molar-refractivity contribution is -0.929. The van der Waals surface area contributed by atoms with E-state index in [0.29, 0.717) is 0 Å². The Morgan fingerprint density at radius 1 is 0.850 bits per heavy atom. The smallest absolute Gasteiger partial charge is 0.0798 e. The van der Waals surface area contributed by atoms with E-state index in [2.05, 4.69) is 20.8 Å². The molecule has 0 unspecified atom stereocenters. The summed E-state index contributed by atoms with van der Waals surface area (Å²) in [4.78, 5) is 8.25. The molecule has 4 heteroatoms. The van der Waals surface area contributed by atoms with Gasteiger partial charge in [0, 0.05) is 12.9 Å². The van der Waals surface area contributed by atoms with Crippen molar-refractivity contribution in [3.05, 3.63) is 0 Å². The van der Waals surface area contributed by atoms with Crippen molar-refractivity contribution >= 4 is 6.47 Å². The fourth-order valence-electron chi connectivity index (χ4n) is 2.58. The van der Waals surface area contributed by atoms with Crippen LogP contribution in [0.15, 0.2) is 0 Å². The van der Waals surface area contributed by atoms with E-state index >= 15 is 0 Å².